The summed E-state index contributed by atoms with van der Waals surface area (Å²) in [6.45, 7) is -3.13. The minimum absolute atomic E-state index is 0.783. The Hall–Kier alpha value is -0.980. The van der Waals surface area contributed by atoms with Crippen molar-refractivity contribution in [3.8, 4) is 0 Å². The van der Waals surface area contributed by atoms with Gasteiger partial charge in [-0.3, -0.25) is 0 Å². The van der Waals surface area contributed by atoms with Gasteiger partial charge in [0, 0.05) is 0 Å². The Morgan fingerprint density at radius 1 is 0.298 bits per heavy atom. The number of alkyl halides is 24. The Morgan fingerprint density at radius 2 is 0.404 bits per heavy atom. The molecule has 0 aromatic heterocycles. The van der Waals surface area contributed by atoms with E-state index in [1.165, 1.54) is 0 Å². The fourth-order valence-electron chi connectivity index (χ4n) is 5.89. The predicted molar refractivity (Wildman–Crippen MR) is 106 cm³/mol. The van der Waals surface area contributed by atoms with Crippen LogP contribution in [0, 0.1) is 0 Å². The van der Waals surface area contributed by atoms with E-state index < -0.39 is 118 Å². The third-order valence-electron chi connectivity index (χ3n) is 6.67. The van der Waals surface area contributed by atoms with Crippen LogP contribution >= 0.6 is 14.1 Å². The van der Waals surface area contributed by atoms with E-state index in [0.717, 1.165) is 0 Å². The summed E-state index contributed by atoms with van der Waals surface area (Å²) in [7, 11) is -15.9. The van der Waals surface area contributed by atoms with Crippen LogP contribution in [0.4, 0.5) is 105 Å². The van der Waals surface area contributed by atoms with E-state index in [0.29, 0.717) is 0 Å². The third-order valence-corrected chi connectivity index (χ3v) is 16.4. The van der Waals surface area contributed by atoms with Gasteiger partial charge in [0.2, 0.25) is 0 Å². The van der Waals surface area contributed by atoms with Crippen molar-refractivity contribution in [2.24, 2.45) is 0 Å². The van der Waals surface area contributed by atoms with Crippen LogP contribution in [-0.4, -0.2) is 104 Å². The fraction of sp³-hybridized carbons (Fsp3) is 1.00. The van der Waals surface area contributed by atoms with Crippen LogP contribution in [0.5, 0.6) is 0 Å². The third kappa shape index (κ3) is 5.33. The van der Waals surface area contributed by atoms with Gasteiger partial charge in [0.1, 0.15) is 0 Å². The molecule has 0 aromatic carbocycles. The Labute approximate surface area is 243 Å². The van der Waals surface area contributed by atoms with E-state index in [-0.39, 0.29) is 0 Å². The van der Waals surface area contributed by atoms with Gasteiger partial charge in [-0.2, -0.15) is 0 Å². The molecule has 47 heavy (non-hydrogen) atoms. The van der Waals surface area contributed by atoms with Gasteiger partial charge in [0.25, 0.3) is 0 Å². The molecule has 4 nitrogen and oxygen atoms in total. The molecule has 0 bridgehead atoms. The molecule has 0 unspecified atom stereocenters. The quantitative estimate of drug-likeness (QED) is 0.206. The molecule has 2 aliphatic heterocycles. The number of halogens is 24. The zero-order chi connectivity index (χ0) is 38.4. The summed E-state index contributed by atoms with van der Waals surface area (Å²) < 4.78 is 350. The van der Waals surface area contributed by atoms with Crippen molar-refractivity contribution in [2.45, 2.75) is 71.8 Å². The van der Waals surface area contributed by atoms with Gasteiger partial charge in [-0.15, -0.1) is 0 Å². The van der Waals surface area contributed by atoms with E-state index in [2.05, 4.69) is 18.1 Å². The van der Waals surface area contributed by atoms with Gasteiger partial charge < -0.3 is 0 Å². The zero-order valence-electron chi connectivity index (χ0n) is 22.3. The first-order valence-corrected chi connectivity index (χ1v) is 17.3. The average molecular weight is 800 g/mol. The number of rotatable bonds is 2. The van der Waals surface area contributed by atoms with Crippen LogP contribution in [-0.2, 0) is 18.1 Å². The van der Waals surface area contributed by atoms with Crippen molar-refractivity contribution in [3.05, 3.63) is 0 Å². The first kappa shape index (κ1) is 42.2. The Bertz CT molecular complexity index is 1020. The molecule has 0 aromatic rings. The van der Waals surface area contributed by atoms with Crippen LogP contribution in [0.25, 0.3) is 0 Å². The van der Waals surface area contributed by atoms with Gasteiger partial charge in [-0.1, -0.05) is 0 Å². The van der Waals surface area contributed by atoms with Crippen molar-refractivity contribution in [1.82, 2.24) is 0 Å². The Balaban J connectivity index is 3.26. The average Bonchev–Trinajstić information content (AvgIpc) is 3.09. The zero-order valence-corrected chi connectivity index (χ0v) is 24.1. The topological polar surface area (TPSA) is 36.9 Å². The molecule has 0 saturated carbocycles. The van der Waals surface area contributed by atoms with E-state index in [4.69, 9.17) is 0 Å². The minimum atomic E-state index is -8.04. The van der Waals surface area contributed by atoms with Crippen molar-refractivity contribution in [2.75, 3.05) is 32.6 Å². The normalized spacial score (nSPS) is 28.9. The van der Waals surface area contributed by atoms with Crippen molar-refractivity contribution in [3.63, 3.8) is 0 Å². The monoisotopic (exact) mass is 800 g/mol. The van der Waals surface area contributed by atoms with Crippen molar-refractivity contribution >= 4 is 14.1 Å². The molecular formula is C17H14F24O4P2. The molecule has 0 aliphatic carbocycles. The molecular weight excluding hydrogens is 786 g/mol. The van der Waals surface area contributed by atoms with Crippen LogP contribution in [0.2, 0.25) is 0 Å². The summed E-state index contributed by atoms with van der Waals surface area (Å²) in [5.74, 6) is -3.37. The first-order valence-electron chi connectivity index (χ1n) is 11.0. The molecule has 2 aliphatic rings. The molecule has 2 rings (SSSR count). The van der Waals surface area contributed by atoms with Gasteiger partial charge in [-0.05, 0) is 0 Å². The molecule has 30 heteroatoms. The fourth-order valence-corrected chi connectivity index (χ4v) is 20.6. The van der Waals surface area contributed by atoms with E-state index >= 15 is 0 Å². The number of hydrogen-bond donors (Lipinski definition) is 0. The second-order valence-electron chi connectivity index (χ2n) is 11.5. The molecule has 0 radical (unpaired) electrons. The summed E-state index contributed by atoms with van der Waals surface area (Å²) in [4.78, 5) is 0. The summed E-state index contributed by atoms with van der Waals surface area (Å²) in [6, 6.07) is 0. The van der Waals surface area contributed by atoms with Gasteiger partial charge >= 0.3 is 242 Å². The maximum absolute atomic E-state index is 14.0. The first-order chi connectivity index (χ1) is 19.6. The maximum atomic E-state index is 14.0. The molecule has 0 amide bonds. The molecule has 0 spiro atoms. The van der Waals surface area contributed by atoms with E-state index in [9.17, 15) is 105 Å². The predicted octanol–water partition coefficient (Wildman–Crippen LogP) is 9.78. The van der Waals surface area contributed by atoms with Crippen LogP contribution in [0.15, 0.2) is 0 Å². The van der Waals surface area contributed by atoms with E-state index in [1.807, 2.05) is 0 Å². The molecule has 0 N–H and O–H groups in total. The van der Waals surface area contributed by atoms with Gasteiger partial charge in [-0.25, -0.2) is 0 Å². The number of hydrogen-bond acceptors (Lipinski definition) is 4. The van der Waals surface area contributed by atoms with E-state index in [1.54, 1.807) is 0 Å². The second kappa shape index (κ2) is 9.46. The van der Waals surface area contributed by atoms with Crippen molar-refractivity contribution in [1.29, 1.82) is 0 Å². The Morgan fingerprint density at radius 3 is 0.489 bits per heavy atom. The summed E-state index contributed by atoms with van der Waals surface area (Å²) >= 11 is 0. The Kier molecular flexibility index (Phi) is 8.49. The molecule has 2 heterocycles. The summed E-state index contributed by atoms with van der Waals surface area (Å²) in [5.41, 5.74) is -31.1. The summed E-state index contributed by atoms with van der Waals surface area (Å²) in [6.07, 6.45) is -64.3. The van der Waals surface area contributed by atoms with Crippen molar-refractivity contribution < 1.29 is 123 Å². The van der Waals surface area contributed by atoms with Crippen LogP contribution < -0.4 is 0 Å². The van der Waals surface area contributed by atoms with Gasteiger partial charge in [0.05, 0.1) is 0 Å². The van der Waals surface area contributed by atoms with Crippen LogP contribution in [0.3, 0.4) is 0 Å². The molecule has 284 valence electrons. The van der Waals surface area contributed by atoms with Gasteiger partial charge in [0.15, 0.2) is 0 Å². The summed E-state index contributed by atoms with van der Waals surface area (Å²) in [5, 5.41) is 0. The molecule has 2 saturated heterocycles. The SMILES string of the molecule is CP1(C)(CP2(C)(C)OC(C(F)(F)F)(C(F)(F)F)C(C(F)(F)F)(C(F)(F)F)O2)OC(C(F)(F)F)(C(F)(F)F)C(C(F)(F)F)(C(F)(F)F)O1. The molecule has 0 atom stereocenters. The molecule has 2 fully saturated rings. The standard InChI is InChI=1S/C17H14F24O4P2/c1-46(2,42-6(10(18,19)20,11(21,22)23)7(43-46,12(24,25)26)13(27,28)29)5-47(3,4)44-8(14(30,31)32,15(33,34)35)9(45-47,16(36,37)38)17(39,40)41/h5H2,1-4H3. The second-order valence-corrected chi connectivity index (χ2v) is 21.9. The van der Waals surface area contributed by atoms with Crippen LogP contribution in [0.1, 0.15) is 0 Å².